The van der Waals surface area contributed by atoms with Gasteiger partial charge in [0.2, 0.25) is 0 Å². The fourth-order valence-electron chi connectivity index (χ4n) is 1.42. The Labute approximate surface area is 121 Å². The van der Waals surface area contributed by atoms with Gasteiger partial charge in [0.25, 0.3) is 0 Å². The molecule has 1 atom stereocenters. The van der Waals surface area contributed by atoms with Crippen molar-refractivity contribution >= 4 is 15.9 Å². The van der Waals surface area contributed by atoms with E-state index in [4.69, 9.17) is 14.6 Å². The highest BCUT2D eigenvalue weighted by molar-refractivity contribution is 9.10. The zero-order valence-corrected chi connectivity index (χ0v) is 12.5. The van der Waals surface area contributed by atoms with Gasteiger partial charge < -0.3 is 25.0 Å². The predicted molar refractivity (Wildman–Crippen MR) is 76.3 cm³/mol. The van der Waals surface area contributed by atoms with Gasteiger partial charge in [-0.1, -0.05) is 15.9 Å². The SMILES string of the molecule is COCCNCc1cc(OCC(O)CO)ccc1Br. The number of methoxy groups -OCH3 is 1. The smallest absolute Gasteiger partial charge is 0.119 e. The molecule has 1 aromatic rings. The van der Waals surface area contributed by atoms with Crippen LogP contribution in [0.3, 0.4) is 0 Å². The molecule has 1 unspecified atom stereocenters. The molecule has 0 aliphatic rings. The second-order valence-corrected chi connectivity index (χ2v) is 4.92. The van der Waals surface area contributed by atoms with E-state index in [0.717, 1.165) is 16.6 Å². The summed E-state index contributed by atoms with van der Waals surface area (Å²) in [5.41, 5.74) is 1.06. The van der Waals surface area contributed by atoms with Gasteiger partial charge in [-0.05, 0) is 23.8 Å². The highest BCUT2D eigenvalue weighted by atomic mass is 79.9. The Bertz CT molecular complexity index is 376. The number of hydrogen-bond acceptors (Lipinski definition) is 5. The maximum absolute atomic E-state index is 9.23. The van der Waals surface area contributed by atoms with Crippen molar-refractivity contribution in [2.24, 2.45) is 0 Å². The third kappa shape index (κ3) is 6.35. The average Bonchev–Trinajstić information content (AvgIpc) is 2.43. The lowest BCUT2D eigenvalue weighted by atomic mass is 10.2. The number of aliphatic hydroxyl groups is 2. The topological polar surface area (TPSA) is 71.0 Å². The molecule has 0 amide bonds. The van der Waals surface area contributed by atoms with Crippen molar-refractivity contribution in [2.75, 3.05) is 33.5 Å². The molecule has 0 aliphatic carbocycles. The van der Waals surface area contributed by atoms with E-state index in [0.29, 0.717) is 18.9 Å². The lowest BCUT2D eigenvalue weighted by Crippen LogP contribution is -2.21. The number of ether oxygens (including phenoxy) is 2. The van der Waals surface area contributed by atoms with E-state index in [2.05, 4.69) is 21.2 Å². The molecule has 0 aliphatic heterocycles. The molecule has 0 saturated heterocycles. The molecule has 0 spiro atoms. The van der Waals surface area contributed by atoms with Crippen LogP contribution < -0.4 is 10.1 Å². The summed E-state index contributed by atoms with van der Waals surface area (Å²) >= 11 is 3.48. The molecule has 0 fully saturated rings. The lowest BCUT2D eigenvalue weighted by molar-refractivity contribution is 0.0536. The first-order valence-electron chi connectivity index (χ1n) is 6.07. The molecule has 0 aromatic heterocycles. The second kappa shape index (κ2) is 9.28. The van der Waals surface area contributed by atoms with Crippen LogP contribution >= 0.6 is 15.9 Å². The summed E-state index contributed by atoms with van der Waals surface area (Å²) in [4.78, 5) is 0. The Morgan fingerprint density at radius 2 is 2.21 bits per heavy atom. The average molecular weight is 334 g/mol. The van der Waals surface area contributed by atoms with Crippen LogP contribution in [-0.2, 0) is 11.3 Å². The summed E-state index contributed by atoms with van der Waals surface area (Å²) < 4.78 is 11.4. The Balaban J connectivity index is 2.51. The zero-order valence-electron chi connectivity index (χ0n) is 10.9. The summed E-state index contributed by atoms with van der Waals surface area (Å²) in [6.07, 6.45) is -0.855. The van der Waals surface area contributed by atoms with E-state index in [1.54, 1.807) is 7.11 Å². The molecule has 0 heterocycles. The van der Waals surface area contributed by atoms with Crippen molar-refractivity contribution < 1.29 is 19.7 Å². The second-order valence-electron chi connectivity index (χ2n) is 4.07. The fourth-order valence-corrected chi connectivity index (χ4v) is 1.81. The quantitative estimate of drug-likeness (QED) is 0.586. The van der Waals surface area contributed by atoms with Crippen LogP contribution in [0.1, 0.15) is 5.56 Å². The molecular weight excluding hydrogens is 314 g/mol. The van der Waals surface area contributed by atoms with E-state index in [1.165, 1.54) is 0 Å². The van der Waals surface area contributed by atoms with Crippen molar-refractivity contribution in [1.82, 2.24) is 5.32 Å². The van der Waals surface area contributed by atoms with Crippen LogP contribution in [0.15, 0.2) is 22.7 Å². The highest BCUT2D eigenvalue weighted by Gasteiger charge is 2.06. The first-order chi connectivity index (χ1) is 9.17. The molecule has 5 nitrogen and oxygen atoms in total. The Morgan fingerprint density at radius 3 is 2.89 bits per heavy atom. The van der Waals surface area contributed by atoms with Crippen LogP contribution in [0.4, 0.5) is 0 Å². The first kappa shape index (κ1) is 16.4. The molecule has 6 heteroatoms. The van der Waals surface area contributed by atoms with Gasteiger partial charge >= 0.3 is 0 Å². The van der Waals surface area contributed by atoms with E-state index in [1.807, 2.05) is 18.2 Å². The summed E-state index contributed by atoms with van der Waals surface area (Å²) in [5, 5.41) is 21.2. The minimum absolute atomic E-state index is 0.0781. The number of halogens is 1. The third-order valence-electron chi connectivity index (χ3n) is 2.47. The largest absolute Gasteiger partial charge is 0.491 e. The summed E-state index contributed by atoms with van der Waals surface area (Å²) in [6.45, 7) is 1.91. The van der Waals surface area contributed by atoms with Crippen LogP contribution in [0.2, 0.25) is 0 Å². The van der Waals surface area contributed by atoms with Crippen LogP contribution in [0.25, 0.3) is 0 Å². The Hall–Kier alpha value is -0.660. The van der Waals surface area contributed by atoms with Gasteiger partial charge in [0.15, 0.2) is 0 Å². The van der Waals surface area contributed by atoms with Gasteiger partial charge in [0.05, 0.1) is 13.2 Å². The van der Waals surface area contributed by atoms with E-state index in [9.17, 15) is 5.11 Å². The van der Waals surface area contributed by atoms with E-state index < -0.39 is 6.10 Å². The zero-order chi connectivity index (χ0) is 14.1. The maximum atomic E-state index is 9.23. The molecule has 3 N–H and O–H groups in total. The summed E-state index contributed by atoms with van der Waals surface area (Å²) in [6, 6.07) is 5.61. The van der Waals surface area contributed by atoms with Crippen LogP contribution in [-0.4, -0.2) is 49.8 Å². The van der Waals surface area contributed by atoms with E-state index in [-0.39, 0.29) is 13.2 Å². The molecule has 0 bridgehead atoms. The normalized spacial score (nSPS) is 12.4. The van der Waals surface area contributed by atoms with Gasteiger partial charge in [0.1, 0.15) is 18.5 Å². The maximum Gasteiger partial charge on any atom is 0.119 e. The van der Waals surface area contributed by atoms with Crippen LogP contribution in [0.5, 0.6) is 5.75 Å². The fraction of sp³-hybridized carbons (Fsp3) is 0.538. The number of hydrogen-bond donors (Lipinski definition) is 3. The molecular formula is C13H20BrNO4. The molecule has 19 heavy (non-hydrogen) atoms. The number of aliphatic hydroxyl groups excluding tert-OH is 2. The third-order valence-corrected chi connectivity index (χ3v) is 3.24. The molecule has 0 saturated carbocycles. The lowest BCUT2D eigenvalue weighted by Gasteiger charge is -2.12. The summed E-state index contributed by atoms with van der Waals surface area (Å²) in [5.74, 6) is 0.666. The number of nitrogens with one attached hydrogen (secondary N) is 1. The minimum atomic E-state index is -0.855. The van der Waals surface area contributed by atoms with Gasteiger partial charge in [-0.25, -0.2) is 0 Å². The number of benzene rings is 1. The van der Waals surface area contributed by atoms with Crippen molar-refractivity contribution in [3.8, 4) is 5.75 Å². The molecule has 108 valence electrons. The molecule has 1 rings (SSSR count). The van der Waals surface area contributed by atoms with Crippen molar-refractivity contribution in [2.45, 2.75) is 12.6 Å². The summed E-state index contributed by atoms with van der Waals surface area (Å²) in [7, 11) is 1.67. The minimum Gasteiger partial charge on any atom is -0.491 e. The highest BCUT2D eigenvalue weighted by Crippen LogP contribution is 2.22. The van der Waals surface area contributed by atoms with Crippen molar-refractivity contribution in [1.29, 1.82) is 0 Å². The van der Waals surface area contributed by atoms with Crippen molar-refractivity contribution in [3.05, 3.63) is 28.2 Å². The van der Waals surface area contributed by atoms with E-state index >= 15 is 0 Å². The number of rotatable bonds is 9. The standard InChI is InChI=1S/C13H20BrNO4/c1-18-5-4-15-7-10-6-12(2-3-13(10)14)19-9-11(17)8-16/h2-3,6,11,15-17H,4-5,7-9H2,1H3. The van der Waals surface area contributed by atoms with Gasteiger partial charge in [0, 0.05) is 24.7 Å². The van der Waals surface area contributed by atoms with Gasteiger partial charge in [-0.3, -0.25) is 0 Å². The monoisotopic (exact) mass is 333 g/mol. The van der Waals surface area contributed by atoms with Crippen LogP contribution in [0, 0.1) is 0 Å². The predicted octanol–water partition coefficient (Wildman–Crippen LogP) is 0.917. The Kier molecular flexibility index (Phi) is 8.00. The Morgan fingerprint density at radius 1 is 1.42 bits per heavy atom. The van der Waals surface area contributed by atoms with Gasteiger partial charge in [-0.15, -0.1) is 0 Å². The molecule has 0 radical (unpaired) electrons. The van der Waals surface area contributed by atoms with Gasteiger partial charge in [-0.2, -0.15) is 0 Å². The first-order valence-corrected chi connectivity index (χ1v) is 6.86. The molecule has 1 aromatic carbocycles. The van der Waals surface area contributed by atoms with Crippen molar-refractivity contribution in [3.63, 3.8) is 0 Å².